The minimum absolute atomic E-state index is 0.0274. The van der Waals surface area contributed by atoms with Gasteiger partial charge in [-0.3, -0.25) is 14.9 Å². The van der Waals surface area contributed by atoms with Gasteiger partial charge in [0.2, 0.25) is 0 Å². The Morgan fingerprint density at radius 2 is 1.92 bits per heavy atom. The second-order valence-electron chi connectivity index (χ2n) is 4.75. The van der Waals surface area contributed by atoms with Crippen molar-refractivity contribution in [1.82, 2.24) is 0 Å². The number of anilines is 1. The number of rotatable bonds is 5. The number of hydrogen-bond donors (Lipinski definition) is 1. The first-order valence-electron chi connectivity index (χ1n) is 6.71. The number of halogens is 4. The Morgan fingerprint density at radius 1 is 1.24 bits per heavy atom. The molecule has 0 bridgehead atoms. The molecule has 6 nitrogen and oxygen atoms in total. The maximum Gasteiger partial charge on any atom is 0.418 e. The number of non-ortho nitro benzene ring substituents is 1. The number of carbonyl (C=O) groups excluding carboxylic acids is 1. The predicted molar refractivity (Wildman–Crippen MR) is 83.7 cm³/mol. The fraction of sp³-hybridized carbons (Fsp3) is 0.133. The number of alkyl halides is 3. The number of nitrogens with one attached hydrogen (secondary N) is 1. The minimum atomic E-state index is -4.70. The van der Waals surface area contributed by atoms with Gasteiger partial charge in [-0.1, -0.05) is 23.7 Å². The smallest absolute Gasteiger partial charge is 0.418 e. The molecule has 0 heterocycles. The minimum Gasteiger partial charge on any atom is -0.484 e. The second kappa shape index (κ2) is 7.39. The number of para-hydroxylation sites is 1. The lowest BCUT2D eigenvalue weighted by atomic mass is 10.1. The third-order valence-corrected chi connectivity index (χ3v) is 3.30. The maximum absolute atomic E-state index is 12.9. The SMILES string of the molecule is O=C(COc1cccc([N+](=O)[O-])c1)Nc1c(Cl)cccc1C(F)(F)F. The summed E-state index contributed by atoms with van der Waals surface area (Å²) in [6.45, 7) is -0.649. The van der Waals surface area contributed by atoms with Gasteiger partial charge in [0.15, 0.2) is 6.61 Å². The maximum atomic E-state index is 12.9. The lowest BCUT2D eigenvalue weighted by Gasteiger charge is -2.15. The van der Waals surface area contributed by atoms with Crippen LogP contribution >= 0.6 is 11.6 Å². The van der Waals surface area contributed by atoms with Crippen molar-refractivity contribution in [2.45, 2.75) is 6.18 Å². The molecule has 0 radical (unpaired) electrons. The number of nitro benzene ring substituents is 1. The van der Waals surface area contributed by atoms with Crippen LogP contribution in [0.3, 0.4) is 0 Å². The number of carbonyl (C=O) groups is 1. The lowest BCUT2D eigenvalue weighted by Crippen LogP contribution is -2.22. The highest BCUT2D eigenvalue weighted by Crippen LogP contribution is 2.38. The summed E-state index contributed by atoms with van der Waals surface area (Å²) >= 11 is 5.72. The van der Waals surface area contributed by atoms with Crippen molar-refractivity contribution in [1.29, 1.82) is 0 Å². The van der Waals surface area contributed by atoms with Gasteiger partial charge in [-0.15, -0.1) is 0 Å². The fourth-order valence-corrected chi connectivity index (χ4v) is 2.12. The van der Waals surface area contributed by atoms with E-state index in [2.05, 4.69) is 0 Å². The van der Waals surface area contributed by atoms with E-state index >= 15 is 0 Å². The Hall–Kier alpha value is -2.81. The molecule has 0 aliphatic carbocycles. The normalized spacial score (nSPS) is 11.0. The number of nitro groups is 1. The van der Waals surface area contributed by atoms with E-state index < -0.39 is 34.9 Å². The van der Waals surface area contributed by atoms with E-state index in [1.54, 1.807) is 0 Å². The van der Waals surface area contributed by atoms with Crippen molar-refractivity contribution < 1.29 is 27.6 Å². The largest absolute Gasteiger partial charge is 0.484 e. The summed E-state index contributed by atoms with van der Waals surface area (Å²) in [6.07, 6.45) is -4.70. The number of nitrogens with zero attached hydrogens (tertiary/aromatic N) is 1. The molecule has 0 fully saturated rings. The Balaban J connectivity index is 2.09. The van der Waals surface area contributed by atoms with E-state index in [1.165, 1.54) is 24.3 Å². The molecule has 0 aliphatic rings. The zero-order valence-electron chi connectivity index (χ0n) is 12.3. The molecule has 10 heteroatoms. The Labute approximate surface area is 144 Å². The summed E-state index contributed by atoms with van der Waals surface area (Å²) < 4.78 is 43.9. The van der Waals surface area contributed by atoms with E-state index in [1.807, 2.05) is 5.32 Å². The van der Waals surface area contributed by atoms with Gasteiger partial charge >= 0.3 is 6.18 Å². The monoisotopic (exact) mass is 374 g/mol. The number of hydrogen-bond acceptors (Lipinski definition) is 4. The van der Waals surface area contributed by atoms with E-state index in [-0.39, 0.29) is 16.5 Å². The Kier molecular flexibility index (Phi) is 5.48. The molecule has 0 atom stereocenters. The van der Waals surface area contributed by atoms with Crippen molar-refractivity contribution in [2.24, 2.45) is 0 Å². The first kappa shape index (κ1) is 18.5. The first-order valence-corrected chi connectivity index (χ1v) is 7.09. The van der Waals surface area contributed by atoms with Crippen LogP contribution < -0.4 is 10.1 Å². The van der Waals surface area contributed by atoms with Gasteiger partial charge in [0.1, 0.15) is 5.75 Å². The average Bonchev–Trinajstić information content (AvgIpc) is 2.54. The summed E-state index contributed by atoms with van der Waals surface area (Å²) in [5.41, 5.74) is -1.92. The first-order chi connectivity index (χ1) is 11.7. The van der Waals surface area contributed by atoms with Crippen LogP contribution in [0.1, 0.15) is 5.56 Å². The lowest BCUT2D eigenvalue weighted by molar-refractivity contribution is -0.384. The van der Waals surface area contributed by atoms with Crippen LogP contribution in [0.25, 0.3) is 0 Å². The van der Waals surface area contributed by atoms with Crippen molar-refractivity contribution >= 4 is 28.9 Å². The van der Waals surface area contributed by atoms with Gasteiger partial charge in [0.05, 0.1) is 27.3 Å². The molecule has 2 rings (SSSR count). The molecule has 0 saturated carbocycles. The highest BCUT2D eigenvalue weighted by molar-refractivity contribution is 6.34. The molecular formula is C15H10ClF3N2O4. The van der Waals surface area contributed by atoms with Gasteiger partial charge in [-0.05, 0) is 18.2 Å². The van der Waals surface area contributed by atoms with E-state index in [4.69, 9.17) is 16.3 Å². The van der Waals surface area contributed by atoms with Crippen LogP contribution in [-0.2, 0) is 11.0 Å². The van der Waals surface area contributed by atoms with Crippen molar-refractivity contribution in [3.63, 3.8) is 0 Å². The van der Waals surface area contributed by atoms with Crippen LogP contribution in [0.2, 0.25) is 5.02 Å². The number of amides is 1. The molecule has 2 aromatic carbocycles. The molecule has 0 aromatic heterocycles. The summed E-state index contributed by atoms with van der Waals surface area (Å²) in [4.78, 5) is 21.8. The molecule has 0 aliphatic heterocycles. The van der Waals surface area contributed by atoms with E-state index in [0.717, 1.165) is 18.2 Å². The van der Waals surface area contributed by atoms with Crippen molar-refractivity contribution in [2.75, 3.05) is 11.9 Å². The number of ether oxygens (including phenoxy) is 1. The zero-order valence-corrected chi connectivity index (χ0v) is 13.1. The van der Waals surface area contributed by atoms with Crippen LogP contribution in [0.5, 0.6) is 5.75 Å². The van der Waals surface area contributed by atoms with E-state index in [0.29, 0.717) is 0 Å². The third-order valence-electron chi connectivity index (χ3n) is 2.98. The van der Waals surface area contributed by atoms with Crippen LogP contribution in [-0.4, -0.2) is 17.4 Å². The Bertz CT molecular complexity index is 812. The van der Waals surface area contributed by atoms with Gasteiger partial charge in [0.25, 0.3) is 11.6 Å². The standard InChI is InChI=1S/C15H10ClF3N2O4/c16-12-6-2-5-11(15(17,18)19)14(12)20-13(22)8-25-10-4-1-3-9(7-10)21(23)24/h1-7H,8H2,(H,20,22). The van der Waals surface area contributed by atoms with Crippen LogP contribution in [0, 0.1) is 10.1 Å². The van der Waals surface area contributed by atoms with Crippen molar-refractivity contribution in [3.8, 4) is 5.75 Å². The van der Waals surface area contributed by atoms with E-state index in [9.17, 15) is 28.1 Å². The number of benzene rings is 2. The predicted octanol–water partition coefficient (Wildman–Crippen LogP) is 4.28. The molecule has 0 unspecified atom stereocenters. The summed E-state index contributed by atoms with van der Waals surface area (Å²) in [6, 6.07) is 8.13. The highest BCUT2D eigenvalue weighted by atomic mass is 35.5. The molecule has 1 amide bonds. The molecule has 1 N–H and O–H groups in total. The molecule has 0 saturated heterocycles. The zero-order chi connectivity index (χ0) is 18.6. The van der Waals surface area contributed by atoms with Crippen LogP contribution in [0.15, 0.2) is 42.5 Å². The topological polar surface area (TPSA) is 81.5 Å². The van der Waals surface area contributed by atoms with Gasteiger partial charge in [-0.2, -0.15) is 13.2 Å². The third kappa shape index (κ3) is 4.83. The summed E-state index contributed by atoms with van der Waals surface area (Å²) in [5.74, 6) is -0.871. The highest BCUT2D eigenvalue weighted by Gasteiger charge is 2.34. The average molecular weight is 375 g/mol. The summed E-state index contributed by atoms with van der Waals surface area (Å²) in [7, 11) is 0. The van der Waals surface area contributed by atoms with Gasteiger partial charge in [-0.25, -0.2) is 0 Å². The van der Waals surface area contributed by atoms with Gasteiger partial charge in [0, 0.05) is 6.07 Å². The molecule has 0 spiro atoms. The van der Waals surface area contributed by atoms with Crippen molar-refractivity contribution in [3.05, 3.63) is 63.2 Å². The Morgan fingerprint density at radius 3 is 2.56 bits per heavy atom. The molecule has 25 heavy (non-hydrogen) atoms. The molecular weight excluding hydrogens is 365 g/mol. The fourth-order valence-electron chi connectivity index (χ4n) is 1.90. The summed E-state index contributed by atoms with van der Waals surface area (Å²) in [5, 5.41) is 12.4. The quantitative estimate of drug-likeness (QED) is 0.625. The molecule has 132 valence electrons. The second-order valence-corrected chi connectivity index (χ2v) is 5.16. The van der Waals surface area contributed by atoms with Gasteiger partial charge < -0.3 is 10.1 Å². The van der Waals surface area contributed by atoms with Crippen LogP contribution in [0.4, 0.5) is 24.5 Å². The molecule has 2 aromatic rings.